The summed E-state index contributed by atoms with van der Waals surface area (Å²) >= 11 is 1.62. The second kappa shape index (κ2) is 9.63. The van der Waals surface area contributed by atoms with Crippen LogP contribution < -0.4 is 5.73 Å². The summed E-state index contributed by atoms with van der Waals surface area (Å²) in [6, 6.07) is -0.572. The third kappa shape index (κ3) is 8.77. The van der Waals surface area contributed by atoms with E-state index in [0.29, 0.717) is 19.4 Å². The van der Waals surface area contributed by atoms with Crippen LogP contribution in [-0.4, -0.2) is 50.0 Å². The van der Waals surface area contributed by atoms with Crippen LogP contribution in [0.4, 0.5) is 0 Å². The molecule has 0 saturated heterocycles. The number of carbonyl (C=O) groups is 1. The molecule has 0 aliphatic rings. The molecule has 0 aromatic carbocycles. The van der Waals surface area contributed by atoms with Crippen molar-refractivity contribution < 1.29 is 17.9 Å². The van der Waals surface area contributed by atoms with Crippen molar-refractivity contribution in [3.63, 3.8) is 0 Å². The van der Waals surface area contributed by atoms with Crippen LogP contribution in [0.1, 0.15) is 26.7 Å². The Hall–Kier alpha value is -0.270. The standard InChI is InChI=1S/C11H23NO4S2/c1-3-16-11(13)10(12)6-8-17-7-5-9-18(14,15)4-2/h10H,3-9,12H2,1-2H3. The number of sulfone groups is 1. The lowest BCUT2D eigenvalue weighted by molar-refractivity contribution is -0.144. The molecule has 5 nitrogen and oxygen atoms in total. The predicted octanol–water partition coefficient (Wildman–Crippen LogP) is 0.825. The Kier molecular flexibility index (Phi) is 9.49. The van der Waals surface area contributed by atoms with Crippen LogP contribution in [0.5, 0.6) is 0 Å². The molecular formula is C11H23NO4S2. The van der Waals surface area contributed by atoms with E-state index >= 15 is 0 Å². The van der Waals surface area contributed by atoms with Crippen molar-refractivity contribution in [2.45, 2.75) is 32.7 Å². The Morgan fingerprint density at radius 2 is 2.00 bits per heavy atom. The zero-order chi connectivity index (χ0) is 14.0. The molecule has 0 aromatic rings. The maximum Gasteiger partial charge on any atom is 0.322 e. The summed E-state index contributed by atoms with van der Waals surface area (Å²) in [7, 11) is -2.86. The first-order valence-corrected chi connectivity index (χ1v) is 9.11. The highest BCUT2D eigenvalue weighted by molar-refractivity contribution is 7.99. The summed E-state index contributed by atoms with van der Waals surface area (Å²) in [6.45, 7) is 3.74. The number of hydrogen-bond acceptors (Lipinski definition) is 6. The smallest absolute Gasteiger partial charge is 0.322 e. The van der Waals surface area contributed by atoms with E-state index in [4.69, 9.17) is 10.5 Å². The van der Waals surface area contributed by atoms with Crippen molar-refractivity contribution in [3.8, 4) is 0 Å². The van der Waals surface area contributed by atoms with Crippen molar-refractivity contribution in [3.05, 3.63) is 0 Å². The van der Waals surface area contributed by atoms with Crippen molar-refractivity contribution in [1.29, 1.82) is 0 Å². The molecule has 0 aliphatic carbocycles. The lowest BCUT2D eigenvalue weighted by Crippen LogP contribution is -2.32. The minimum absolute atomic E-state index is 0.200. The Balaban J connectivity index is 3.54. The summed E-state index contributed by atoms with van der Waals surface area (Å²) in [5.74, 6) is 1.58. The van der Waals surface area contributed by atoms with Crippen molar-refractivity contribution in [2.24, 2.45) is 5.73 Å². The van der Waals surface area contributed by atoms with Gasteiger partial charge >= 0.3 is 5.97 Å². The molecule has 108 valence electrons. The molecule has 0 spiro atoms. The first-order valence-electron chi connectivity index (χ1n) is 6.13. The molecule has 7 heteroatoms. The SMILES string of the molecule is CCOC(=O)C(N)CCSCCCS(=O)(=O)CC. The summed E-state index contributed by atoms with van der Waals surface area (Å²) < 4.78 is 27.2. The van der Waals surface area contributed by atoms with E-state index in [1.807, 2.05) is 0 Å². The van der Waals surface area contributed by atoms with Gasteiger partial charge in [0, 0.05) is 5.75 Å². The van der Waals surface area contributed by atoms with Crippen LogP contribution in [-0.2, 0) is 19.4 Å². The van der Waals surface area contributed by atoms with Crippen LogP contribution >= 0.6 is 11.8 Å². The van der Waals surface area contributed by atoms with Crippen LogP contribution in [0, 0.1) is 0 Å². The van der Waals surface area contributed by atoms with Gasteiger partial charge in [-0.15, -0.1) is 0 Å². The Bertz CT molecular complexity index is 330. The highest BCUT2D eigenvalue weighted by Gasteiger charge is 2.13. The largest absolute Gasteiger partial charge is 0.465 e. The van der Waals surface area contributed by atoms with E-state index in [1.165, 1.54) is 0 Å². The average molecular weight is 297 g/mol. The van der Waals surface area contributed by atoms with Gasteiger partial charge in [-0.05, 0) is 31.3 Å². The van der Waals surface area contributed by atoms with Gasteiger partial charge in [-0.3, -0.25) is 4.79 Å². The predicted molar refractivity (Wildman–Crippen MR) is 75.5 cm³/mol. The zero-order valence-corrected chi connectivity index (χ0v) is 12.7. The van der Waals surface area contributed by atoms with Gasteiger partial charge in [0.25, 0.3) is 0 Å². The quantitative estimate of drug-likeness (QED) is 0.475. The van der Waals surface area contributed by atoms with Gasteiger partial charge in [0.2, 0.25) is 0 Å². The highest BCUT2D eigenvalue weighted by atomic mass is 32.2. The number of ether oxygens (including phenoxy) is 1. The highest BCUT2D eigenvalue weighted by Crippen LogP contribution is 2.08. The molecule has 0 radical (unpaired) electrons. The van der Waals surface area contributed by atoms with Gasteiger partial charge in [0.05, 0.1) is 12.4 Å². The molecule has 0 aliphatic heterocycles. The fourth-order valence-corrected chi connectivity index (χ4v) is 3.23. The van der Waals surface area contributed by atoms with Gasteiger partial charge in [0.1, 0.15) is 15.9 Å². The van der Waals surface area contributed by atoms with Gasteiger partial charge in [-0.25, -0.2) is 8.42 Å². The Labute approximate surface area is 114 Å². The fraction of sp³-hybridized carbons (Fsp3) is 0.909. The van der Waals surface area contributed by atoms with Crippen molar-refractivity contribution in [2.75, 3.05) is 29.6 Å². The molecule has 0 fully saturated rings. The topological polar surface area (TPSA) is 86.5 Å². The molecule has 1 atom stereocenters. The van der Waals surface area contributed by atoms with Gasteiger partial charge in [-0.2, -0.15) is 11.8 Å². The lowest BCUT2D eigenvalue weighted by Gasteiger charge is -2.09. The summed E-state index contributed by atoms with van der Waals surface area (Å²) in [6.07, 6.45) is 1.21. The third-order valence-electron chi connectivity index (χ3n) is 2.35. The third-order valence-corrected chi connectivity index (χ3v) is 5.24. The van der Waals surface area contributed by atoms with E-state index in [9.17, 15) is 13.2 Å². The fourth-order valence-electron chi connectivity index (χ4n) is 1.20. The number of nitrogens with two attached hydrogens (primary N) is 1. The first-order chi connectivity index (χ1) is 8.43. The minimum atomic E-state index is -2.86. The summed E-state index contributed by atoms with van der Waals surface area (Å²) in [4.78, 5) is 11.2. The molecular weight excluding hydrogens is 274 g/mol. The molecule has 0 aromatic heterocycles. The second-order valence-electron chi connectivity index (χ2n) is 3.85. The minimum Gasteiger partial charge on any atom is -0.465 e. The average Bonchev–Trinajstić information content (AvgIpc) is 2.33. The van der Waals surface area contributed by atoms with Crippen LogP contribution in [0.2, 0.25) is 0 Å². The van der Waals surface area contributed by atoms with Gasteiger partial charge in [-0.1, -0.05) is 6.92 Å². The van der Waals surface area contributed by atoms with Gasteiger partial charge in [0.15, 0.2) is 0 Å². The summed E-state index contributed by atoms with van der Waals surface area (Å²) in [5, 5.41) is 0. The molecule has 2 N–H and O–H groups in total. The normalized spacial score (nSPS) is 13.3. The van der Waals surface area contributed by atoms with E-state index < -0.39 is 15.9 Å². The molecule has 18 heavy (non-hydrogen) atoms. The van der Waals surface area contributed by atoms with E-state index in [2.05, 4.69) is 0 Å². The maximum absolute atomic E-state index is 11.2. The molecule has 0 bridgehead atoms. The van der Waals surface area contributed by atoms with Crippen molar-refractivity contribution in [1.82, 2.24) is 0 Å². The van der Waals surface area contributed by atoms with Crippen molar-refractivity contribution >= 4 is 27.6 Å². The molecule has 0 saturated carbocycles. The number of thioether (sulfide) groups is 1. The van der Waals surface area contributed by atoms with Crippen LogP contribution in [0.15, 0.2) is 0 Å². The van der Waals surface area contributed by atoms with E-state index in [1.54, 1.807) is 25.6 Å². The Morgan fingerprint density at radius 3 is 2.56 bits per heavy atom. The second-order valence-corrected chi connectivity index (χ2v) is 7.55. The number of carbonyl (C=O) groups excluding carboxylic acids is 1. The Morgan fingerprint density at radius 1 is 1.33 bits per heavy atom. The van der Waals surface area contributed by atoms with Crippen LogP contribution in [0.25, 0.3) is 0 Å². The monoisotopic (exact) mass is 297 g/mol. The lowest BCUT2D eigenvalue weighted by atomic mass is 10.2. The number of esters is 1. The first kappa shape index (κ1) is 17.7. The van der Waals surface area contributed by atoms with Crippen LogP contribution in [0.3, 0.4) is 0 Å². The zero-order valence-electron chi connectivity index (χ0n) is 11.1. The van der Waals surface area contributed by atoms with Gasteiger partial charge < -0.3 is 10.5 Å². The molecule has 0 heterocycles. The van der Waals surface area contributed by atoms with E-state index in [-0.39, 0.29) is 17.5 Å². The summed E-state index contributed by atoms with van der Waals surface area (Å²) in [5.41, 5.74) is 5.63. The molecule has 1 unspecified atom stereocenters. The van der Waals surface area contributed by atoms with E-state index in [0.717, 1.165) is 11.5 Å². The molecule has 0 rings (SSSR count). The number of hydrogen-bond donors (Lipinski definition) is 1. The maximum atomic E-state index is 11.2. The molecule has 0 amide bonds. The number of rotatable bonds is 10.